The first-order valence-electron chi connectivity index (χ1n) is 8.01. The van der Waals surface area contributed by atoms with Crippen LogP contribution in [0.5, 0.6) is 0 Å². The minimum atomic E-state index is -1.01. The summed E-state index contributed by atoms with van der Waals surface area (Å²) in [6, 6.07) is 5.47. The summed E-state index contributed by atoms with van der Waals surface area (Å²) in [6.45, 7) is 5.64. The summed E-state index contributed by atoms with van der Waals surface area (Å²) in [5, 5.41) is 23.0. The van der Waals surface area contributed by atoms with Crippen LogP contribution in [0.2, 0.25) is 0 Å². The fourth-order valence-electron chi connectivity index (χ4n) is 2.67. The summed E-state index contributed by atoms with van der Waals surface area (Å²) < 4.78 is 18.1. The molecule has 0 aliphatic carbocycles. The molecule has 1 fully saturated rings. The van der Waals surface area contributed by atoms with Crippen molar-refractivity contribution in [1.29, 1.82) is 0 Å². The average molecular weight is 340 g/mol. The van der Waals surface area contributed by atoms with E-state index in [1.165, 1.54) is 17.0 Å². The number of rotatable bonds is 4. The molecule has 3 N–H and O–H groups in total. The second-order valence-electron chi connectivity index (χ2n) is 7.00. The van der Waals surface area contributed by atoms with E-state index in [4.69, 9.17) is 4.74 Å². The number of carbonyl (C=O) groups is 1. The molecule has 1 aliphatic heterocycles. The second-order valence-corrected chi connectivity index (χ2v) is 7.00. The number of nitrogens with zero attached hydrogens (tertiary/aromatic N) is 1. The van der Waals surface area contributed by atoms with Crippen molar-refractivity contribution >= 4 is 6.09 Å². The van der Waals surface area contributed by atoms with Gasteiger partial charge in [-0.2, -0.15) is 0 Å². The molecule has 2 rings (SSSR count). The zero-order valence-corrected chi connectivity index (χ0v) is 14.2. The number of amides is 1. The Balaban J connectivity index is 1.88. The number of hydrogen-bond acceptors (Lipinski definition) is 5. The van der Waals surface area contributed by atoms with Crippen molar-refractivity contribution in [2.75, 3.05) is 6.54 Å². The van der Waals surface area contributed by atoms with Gasteiger partial charge in [0.25, 0.3) is 0 Å². The maximum Gasteiger partial charge on any atom is 0.408 e. The lowest BCUT2D eigenvalue weighted by atomic mass is 10.1. The molecule has 1 amide bonds. The van der Waals surface area contributed by atoms with E-state index in [1.54, 1.807) is 32.9 Å². The number of benzene rings is 1. The van der Waals surface area contributed by atoms with Crippen molar-refractivity contribution < 1.29 is 24.1 Å². The SMILES string of the molecule is CC(C)(C)OC(=O)NC1CC(O)N(CCc2ccc(F)cc2)C1O. The molecule has 3 unspecified atom stereocenters. The molecule has 1 saturated heterocycles. The van der Waals surface area contributed by atoms with Crippen molar-refractivity contribution in [3.8, 4) is 0 Å². The molecule has 6 nitrogen and oxygen atoms in total. The number of nitrogens with one attached hydrogen (secondary N) is 1. The number of aliphatic hydroxyl groups excluding tert-OH is 2. The van der Waals surface area contributed by atoms with Crippen LogP contribution in [0, 0.1) is 5.82 Å². The van der Waals surface area contributed by atoms with Gasteiger partial charge in [-0.25, -0.2) is 9.18 Å². The van der Waals surface area contributed by atoms with Gasteiger partial charge in [-0.3, -0.25) is 4.90 Å². The fraction of sp³-hybridized carbons (Fsp3) is 0.588. The molecule has 1 aliphatic rings. The van der Waals surface area contributed by atoms with Gasteiger partial charge in [-0.15, -0.1) is 0 Å². The van der Waals surface area contributed by atoms with Crippen LogP contribution in [-0.2, 0) is 11.2 Å². The largest absolute Gasteiger partial charge is 0.444 e. The number of aliphatic hydroxyl groups is 2. The molecule has 0 bridgehead atoms. The molecule has 0 radical (unpaired) electrons. The van der Waals surface area contributed by atoms with Gasteiger partial charge in [0.2, 0.25) is 0 Å². The highest BCUT2D eigenvalue weighted by molar-refractivity contribution is 5.68. The lowest BCUT2D eigenvalue weighted by Gasteiger charge is -2.26. The molecule has 24 heavy (non-hydrogen) atoms. The van der Waals surface area contributed by atoms with E-state index in [0.29, 0.717) is 13.0 Å². The Morgan fingerprint density at radius 1 is 1.33 bits per heavy atom. The summed E-state index contributed by atoms with van der Waals surface area (Å²) in [7, 11) is 0. The first-order valence-corrected chi connectivity index (χ1v) is 8.01. The van der Waals surface area contributed by atoms with Crippen LogP contribution >= 0.6 is 0 Å². The Morgan fingerprint density at radius 3 is 2.54 bits per heavy atom. The Morgan fingerprint density at radius 2 is 1.96 bits per heavy atom. The number of carbonyl (C=O) groups excluding carboxylic acids is 1. The van der Waals surface area contributed by atoms with E-state index in [1.807, 2.05) is 0 Å². The van der Waals surface area contributed by atoms with Crippen molar-refractivity contribution in [3.05, 3.63) is 35.6 Å². The molecule has 7 heteroatoms. The van der Waals surface area contributed by atoms with Crippen LogP contribution in [0.3, 0.4) is 0 Å². The van der Waals surface area contributed by atoms with Crippen LogP contribution in [0.25, 0.3) is 0 Å². The maximum absolute atomic E-state index is 12.9. The van der Waals surface area contributed by atoms with Crippen molar-refractivity contribution in [1.82, 2.24) is 10.2 Å². The maximum atomic E-state index is 12.9. The Bertz CT molecular complexity index is 559. The van der Waals surface area contributed by atoms with Gasteiger partial charge in [0.1, 0.15) is 23.9 Å². The van der Waals surface area contributed by atoms with E-state index in [2.05, 4.69) is 5.32 Å². The number of alkyl carbamates (subject to hydrolysis) is 1. The molecule has 0 saturated carbocycles. The third kappa shape index (κ3) is 5.15. The number of ether oxygens (including phenoxy) is 1. The Kier molecular flexibility index (Phi) is 5.79. The molecule has 3 atom stereocenters. The summed E-state index contributed by atoms with van der Waals surface area (Å²) in [5.41, 5.74) is 0.272. The predicted molar refractivity (Wildman–Crippen MR) is 86.6 cm³/mol. The van der Waals surface area contributed by atoms with Crippen LogP contribution in [-0.4, -0.2) is 51.8 Å². The number of halogens is 1. The second kappa shape index (κ2) is 7.46. The van der Waals surface area contributed by atoms with E-state index in [0.717, 1.165) is 5.56 Å². The Hall–Kier alpha value is -1.70. The molecule has 1 heterocycles. The molecule has 1 aromatic carbocycles. The van der Waals surface area contributed by atoms with Crippen molar-refractivity contribution in [2.24, 2.45) is 0 Å². The highest BCUT2D eigenvalue weighted by atomic mass is 19.1. The lowest BCUT2D eigenvalue weighted by molar-refractivity contribution is -0.0571. The first kappa shape index (κ1) is 18.6. The van der Waals surface area contributed by atoms with E-state index < -0.39 is 30.2 Å². The number of hydrogen-bond donors (Lipinski definition) is 3. The average Bonchev–Trinajstić information content (AvgIpc) is 2.71. The molecular weight excluding hydrogens is 315 g/mol. The molecule has 0 aromatic heterocycles. The standard InChI is InChI=1S/C17H25FN2O4/c1-17(2,3)24-16(23)19-13-10-14(21)20(15(13)22)9-8-11-4-6-12(18)7-5-11/h4-7,13-15,21-22H,8-10H2,1-3H3,(H,19,23). The summed E-state index contributed by atoms with van der Waals surface area (Å²) >= 11 is 0. The number of likely N-dealkylation sites (tertiary alicyclic amines) is 1. The minimum absolute atomic E-state index is 0.212. The lowest BCUT2D eigenvalue weighted by Crippen LogP contribution is -2.47. The van der Waals surface area contributed by atoms with E-state index in [9.17, 15) is 19.4 Å². The predicted octanol–water partition coefficient (Wildman–Crippen LogP) is 1.60. The van der Waals surface area contributed by atoms with Gasteiger partial charge in [0, 0.05) is 13.0 Å². The van der Waals surface area contributed by atoms with Crippen LogP contribution < -0.4 is 5.32 Å². The third-order valence-corrected chi connectivity index (χ3v) is 3.82. The van der Waals surface area contributed by atoms with E-state index in [-0.39, 0.29) is 12.2 Å². The summed E-state index contributed by atoms with van der Waals surface area (Å²) in [6.07, 6.45) is -1.73. The third-order valence-electron chi connectivity index (χ3n) is 3.82. The fourth-order valence-corrected chi connectivity index (χ4v) is 2.67. The zero-order valence-electron chi connectivity index (χ0n) is 14.2. The van der Waals surface area contributed by atoms with Gasteiger partial charge in [0.15, 0.2) is 0 Å². The highest BCUT2D eigenvalue weighted by Gasteiger charge is 2.40. The minimum Gasteiger partial charge on any atom is -0.444 e. The van der Waals surface area contributed by atoms with Crippen LogP contribution in [0.4, 0.5) is 9.18 Å². The van der Waals surface area contributed by atoms with Crippen LogP contribution in [0.15, 0.2) is 24.3 Å². The monoisotopic (exact) mass is 340 g/mol. The normalized spacial score (nSPS) is 24.8. The smallest absolute Gasteiger partial charge is 0.408 e. The molecule has 134 valence electrons. The van der Waals surface area contributed by atoms with Gasteiger partial charge < -0.3 is 20.3 Å². The molecule has 0 spiro atoms. The molecule has 1 aromatic rings. The van der Waals surface area contributed by atoms with Gasteiger partial charge in [-0.05, 0) is 44.9 Å². The highest BCUT2D eigenvalue weighted by Crippen LogP contribution is 2.22. The van der Waals surface area contributed by atoms with Crippen LogP contribution in [0.1, 0.15) is 32.8 Å². The van der Waals surface area contributed by atoms with E-state index >= 15 is 0 Å². The van der Waals surface area contributed by atoms with Gasteiger partial charge in [-0.1, -0.05) is 12.1 Å². The zero-order chi connectivity index (χ0) is 17.9. The topological polar surface area (TPSA) is 82.0 Å². The quantitative estimate of drug-likeness (QED) is 0.776. The Labute approximate surface area is 141 Å². The molecular formula is C17H25FN2O4. The summed E-state index contributed by atoms with van der Waals surface area (Å²) in [5.74, 6) is -0.304. The summed E-state index contributed by atoms with van der Waals surface area (Å²) in [4.78, 5) is 13.3. The van der Waals surface area contributed by atoms with Crippen molar-refractivity contribution in [2.45, 2.75) is 57.7 Å². The van der Waals surface area contributed by atoms with Crippen molar-refractivity contribution in [3.63, 3.8) is 0 Å². The van der Waals surface area contributed by atoms with Gasteiger partial charge >= 0.3 is 6.09 Å². The van der Waals surface area contributed by atoms with Gasteiger partial charge in [0.05, 0.1) is 6.04 Å². The first-order chi connectivity index (χ1) is 11.2.